The number of hydrogen-bond donors (Lipinski definition) is 1. The van der Waals surface area contributed by atoms with E-state index in [4.69, 9.17) is 0 Å². The van der Waals surface area contributed by atoms with E-state index in [9.17, 15) is 0 Å². The second-order valence-electron chi connectivity index (χ2n) is 6.57. The van der Waals surface area contributed by atoms with Gasteiger partial charge in [-0.25, -0.2) is 0 Å². The molecule has 2 aliphatic rings. The van der Waals surface area contributed by atoms with Gasteiger partial charge in [0.25, 0.3) is 0 Å². The summed E-state index contributed by atoms with van der Waals surface area (Å²) < 4.78 is 0. The molecule has 0 aromatic heterocycles. The van der Waals surface area contributed by atoms with E-state index in [0.717, 1.165) is 12.5 Å². The molecule has 2 nitrogen and oxygen atoms in total. The van der Waals surface area contributed by atoms with Gasteiger partial charge in [-0.2, -0.15) is 0 Å². The van der Waals surface area contributed by atoms with E-state index in [1.165, 1.54) is 24.4 Å². The number of rotatable bonds is 2. The van der Waals surface area contributed by atoms with Crippen LogP contribution in [0.5, 0.6) is 0 Å². The summed E-state index contributed by atoms with van der Waals surface area (Å²) in [6.07, 6.45) is 3.90. The fourth-order valence-electron chi connectivity index (χ4n) is 2.48. The number of nitrogens with zero attached hydrogens (tertiary/aromatic N) is 1. The predicted molar refractivity (Wildman–Crippen MR) is 73.1 cm³/mol. The highest BCUT2D eigenvalue weighted by Crippen LogP contribution is 2.33. The summed E-state index contributed by atoms with van der Waals surface area (Å²) in [5, 5.41) is 5.47. The molecule has 1 atom stereocenters. The first-order valence-electron chi connectivity index (χ1n) is 6.40. The van der Waals surface area contributed by atoms with E-state index in [0.29, 0.717) is 16.7 Å². The second-order valence-corrected chi connectivity index (χ2v) is 7.86. The van der Waals surface area contributed by atoms with Gasteiger partial charge in [-0.15, -0.1) is 0 Å². The molecule has 0 saturated heterocycles. The summed E-state index contributed by atoms with van der Waals surface area (Å²) in [5.74, 6) is 0.912. The van der Waals surface area contributed by atoms with E-state index in [1.54, 1.807) is 0 Å². The van der Waals surface area contributed by atoms with Crippen LogP contribution in [0, 0.1) is 11.3 Å². The molecule has 1 fully saturated rings. The molecule has 16 heavy (non-hydrogen) atoms. The highest BCUT2D eigenvalue weighted by Gasteiger charge is 2.29. The lowest BCUT2D eigenvalue weighted by atomic mass is 9.82. The lowest BCUT2D eigenvalue weighted by molar-refractivity contribution is 0.269. The summed E-state index contributed by atoms with van der Waals surface area (Å²) in [6, 6.07) is 0.703. The van der Waals surface area contributed by atoms with Gasteiger partial charge in [0.15, 0.2) is 5.17 Å². The van der Waals surface area contributed by atoms with E-state index < -0.39 is 0 Å². The molecular weight excluding hydrogens is 216 g/mol. The summed E-state index contributed by atoms with van der Waals surface area (Å²) in [7, 11) is 0. The first-order chi connectivity index (χ1) is 7.42. The molecule has 1 aliphatic carbocycles. The van der Waals surface area contributed by atoms with Crippen molar-refractivity contribution < 1.29 is 0 Å². The van der Waals surface area contributed by atoms with Crippen LogP contribution in [-0.2, 0) is 0 Å². The van der Waals surface area contributed by atoms with E-state index in [2.05, 4.69) is 38.0 Å². The van der Waals surface area contributed by atoms with Crippen molar-refractivity contribution in [2.75, 3.05) is 6.54 Å². The Labute approximate surface area is 104 Å². The van der Waals surface area contributed by atoms with E-state index in [1.807, 2.05) is 11.8 Å². The number of amidine groups is 1. The maximum absolute atomic E-state index is 4.62. The lowest BCUT2D eigenvalue weighted by Gasteiger charge is -2.33. The van der Waals surface area contributed by atoms with Gasteiger partial charge in [0.1, 0.15) is 0 Å². The molecule has 3 heteroatoms. The van der Waals surface area contributed by atoms with Gasteiger partial charge in [0.05, 0.1) is 6.54 Å². The first kappa shape index (κ1) is 12.3. The van der Waals surface area contributed by atoms with E-state index >= 15 is 0 Å². The van der Waals surface area contributed by atoms with Crippen LogP contribution in [0.3, 0.4) is 0 Å². The van der Waals surface area contributed by atoms with Crippen molar-refractivity contribution in [2.24, 2.45) is 16.3 Å². The Balaban J connectivity index is 1.71. The molecule has 0 spiro atoms. The van der Waals surface area contributed by atoms with Gasteiger partial charge in [0, 0.05) is 11.3 Å². The van der Waals surface area contributed by atoms with Crippen molar-refractivity contribution in [3.05, 3.63) is 0 Å². The van der Waals surface area contributed by atoms with Crippen LogP contribution < -0.4 is 5.32 Å². The van der Waals surface area contributed by atoms with Gasteiger partial charge >= 0.3 is 0 Å². The molecule has 0 bridgehead atoms. The quantitative estimate of drug-likeness (QED) is 0.801. The Hall–Kier alpha value is -0.180. The van der Waals surface area contributed by atoms with Crippen LogP contribution >= 0.6 is 11.8 Å². The van der Waals surface area contributed by atoms with Crippen molar-refractivity contribution in [1.82, 2.24) is 5.32 Å². The molecule has 1 unspecified atom stereocenters. The van der Waals surface area contributed by atoms with Gasteiger partial charge in [-0.3, -0.25) is 4.99 Å². The third-order valence-corrected chi connectivity index (χ3v) is 4.38. The standard InChI is InChI=1S/C13H24N2S/c1-9-5-10(6-9)15-12-14-8-11(16-12)7-13(2,3)4/h9-11H,5-8H2,1-4H3,(H,14,15). The summed E-state index contributed by atoms with van der Waals surface area (Å²) >= 11 is 1.96. The van der Waals surface area contributed by atoms with Crippen molar-refractivity contribution >= 4 is 16.9 Å². The average Bonchev–Trinajstić information content (AvgIpc) is 2.46. The molecule has 1 N–H and O–H groups in total. The van der Waals surface area contributed by atoms with Crippen LogP contribution in [0.25, 0.3) is 0 Å². The van der Waals surface area contributed by atoms with Crippen LogP contribution in [0.15, 0.2) is 4.99 Å². The molecule has 0 aromatic carbocycles. The summed E-state index contributed by atoms with van der Waals surface area (Å²) in [5.41, 5.74) is 0.424. The number of hydrogen-bond acceptors (Lipinski definition) is 3. The zero-order valence-corrected chi connectivity index (χ0v) is 11.7. The largest absolute Gasteiger partial charge is 0.362 e. The molecule has 2 rings (SSSR count). The highest BCUT2D eigenvalue weighted by molar-refractivity contribution is 8.14. The molecular formula is C13H24N2S. The minimum absolute atomic E-state index is 0.424. The van der Waals surface area contributed by atoms with Crippen LogP contribution in [0.1, 0.15) is 47.0 Å². The van der Waals surface area contributed by atoms with Gasteiger partial charge in [-0.05, 0) is 30.6 Å². The minimum Gasteiger partial charge on any atom is -0.362 e. The summed E-state index contributed by atoms with van der Waals surface area (Å²) in [4.78, 5) is 4.62. The molecule has 1 aliphatic heterocycles. The average molecular weight is 240 g/mol. The van der Waals surface area contributed by atoms with Gasteiger partial charge < -0.3 is 5.32 Å². The van der Waals surface area contributed by atoms with E-state index in [-0.39, 0.29) is 0 Å². The van der Waals surface area contributed by atoms with Crippen molar-refractivity contribution in [1.29, 1.82) is 0 Å². The molecule has 1 heterocycles. The fourth-order valence-corrected chi connectivity index (χ4v) is 3.91. The fraction of sp³-hybridized carbons (Fsp3) is 0.923. The van der Waals surface area contributed by atoms with Crippen molar-refractivity contribution in [2.45, 2.75) is 58.2 Å². The smallest absolute Gasteiger partial charge is 0.157 e. The first-order valence-corrected chi connectivity index (χ1v) is 7.28. The third-order valence-electron chi connectivity index (χ3n) is 3.26. The van der Waals surface area contributed by atoms with Crippen LogP contribution in [0.4, 0.5) is 0 Å². The minimum atomic E-state index is 0.424. The Morgan fingerprint density at radius 1 is 1.38 bits per heavy atom. The normalized spacial score (nSPS) is 34.5. The Kier molecular flexibility index (Phi) is 3.53. The predicted octanol–water partition coefficient (Wildman–Crippen LogP) is 3.28. The van der Waals surface area contributed by atoms with Crippen molar-refractivity contribution in [3.8, 4) is 0 Å². The second kappa shape index (κ2) is 4.59. The Morgan fingerprint density at radius 2 is 2.06 bits per heavy atom. The number of thioether (sulfide) groups is 1. The van der Waals surface area contributed by atoms with Gasteiger partial charge in [-0.1, -0.05) is 39.5 Å². The zero-order valence-electron chi connectivity index (χ0n) is 10.9. The monoisotopic (exact) mass is 240 g/mol. The highest BCUT2D eigenvalue weighted by atomic mass is 32.2. The zero-order chi connectivity index (χ0) is 11.8. The maximum atomic E-state index is 4.62. The third kappa shape index (κ3) is 3.41. The lowest BCUT2D eigenvalue weighted by Crippen LogP contribution is -2.42. The molecule has 0 radical (unpaired) electrons. The number of aliphatic imine (C=N–C) groups is 1. The topological polar surface area (TPSA) is 24.4 Å². The van der Waals surface area contributed by atoms with Crippen molar-refractivity contribution in [3.63, 3.8) is 0 Å². The maximum Gasteiger partial charge on any atom is 0.157 e. The van der Waals surface area contributed by atoms with Crippen LogP contribution in [0.2, 0.25) is 0 Å². The molecule has 0 aromatic rings. The summed E-state index contributed by atoms with van der Waals surface area (Å²) in [6.45, 7) is 10.3. The SMILES string of the molecule is CC1CC(NC2=NCC(CC(C)(C)C)S2)C1. The van der Waals surface area contributed by atoms with Crippen LogP contribution in [-0.4, -0.2) is 23.0 Å². The molecule has 92 valence electrons. The van der Waals surface area contributed by atoms with Gasteiger partial charge in [0.2, 0.25) is 0 Å². The molecule has 1 saturated carbocycles. The molecule has 0 amide bonds. The Morgan fingerprint density at radius 3 is 2.62 bits per heavy atom. The number of nitrogens with one attached hydrogen (secondary N) is 1. The Bertz CT molecular complexity index is 274.